The van der Waals surface area contributed by atoms with Crippen LogP contribution >= 0.6 is 0 Å². The van der Waals surface area contributed by atoms with Crippen molar-refractivity contribution < 1.29 is 24.2 Å². The summed E-state index contributed by atoms with van der Waals surface area (Å²) in [5.74, 6) is -1.20. The number of nitrogens with one attached hydrogen (secondary N) is 1. The Bertz CT molecular complexity index is 273. The van der Waals surface area contributed by atoms with Crippen molar-refractivity contribution in [2.24, 2.45) is 0 Å². The molecule has 2 N–H and O–H groups in total. The fourth-order valence-corrected chi connectivity index (χ4v) is 1.82. The minimum absolute atomic E-state index is 0.184. The molecule has 0 atom stereocenters. The molecule has 6 heteroatoms. The normalized spacial score (nSPS) is 18.6. The van der Waals surface area contributed by atoms with Crippen molar-refractivity contribution in [2.75, 3.05) is 26.4 Å². The third-order valence-electron chi connectivity index (χ3n) is 2.85. The number of hydrogen-bond acceptors (Lipinski definition) is 5. The molecule has 17 heavy (non-hydrogen) atoms. The Morgan fingerprint density at radius 1 is 1.41 bits per heavy atom. The number of esters is 1. The van der Waals surface area contributed by atoms with Gasteiger partial charge in [0.2, 0.25) is 0 Å². The van der Waals surface area contributed by atoms with Gasteiger partial charge in [0, 0.05) is 19.8 Å². The van der Waals surface area contributed by atoms with Crippen molar-refractivity contribution in [1.29, 1.82) is 0 Å². The molecule has 6 nitrogen and oxygen atoms in total. The van der Waals surface area contributed by atoms with Crippen molar-refractivity contribution in [3.05, 3.63) is 0 Å². The minimum Gasteiger partial charge on any atom is -0.480 e. The Kier molecular flexibility index (Phi) is 5.37. The maximum absolute atomic E-state index is 11.2. The molecule has 0 unspecified atom stereocenters. The van der Waals surface area contributed by atoms with E-state index in [0.717, 1.165) is 0 Å². The van der Waals surface area contributed by atoms with E-state index in [-0.39, 0.29) is 12.4 Å². The predicted molar refractivity (Wildman–Crippen MR) is 59.7 cm³/mol. The molecule has 0 amide bonds. The van der Waals surface area contributed by atoms with Crippen molar-refractivity contribution in [2.45, 2.75) is 31.7 Å². The van der Waals surface area contributed by atoms with E-state index in [9.17, 15) is 14.7 Å². The van der Waals surface area contributed by atoms with Crippen LogP contribution in [0.15, 0.2) is 0 Å². The van der Waals surface area contributed by atoms with Gasteiger partial charge in [0.15, 0.2) is 0 Å². The lowest BCUT2D eigenvalue weighted by atomic mass is 9.90. The van der Waals surface area contributed by atoms with Crippen molar-refractivity contribution in [1.82, 2.24) is 5.32 Å². The molecule has 1 aliphatic rings. The standard InChI is InChI=1S/C11H19NO5/c1-2-17-9(13)3-6-12-11(10(14)15)4-7-16-8-5-11/h12H,2-8H2,1H3,(H,14,15). The smallest absolute Gasteiger partial charge is 0.324 e. The Morgan fingerprint density at radius 3 is 2.59 bits per heavy atom. The van der Waals surface area contributed by atoms with E-state index in [4.69, 9.17) is 9.47 Å². The van der Waals surface area contributed by atoms with Crippen molar-refractivity contribution in [3.8, 4) is 0 Å². The van der Waals surface area contributed by atoms with Crippen LogP contribution in [0.5, 0.6) is 0 Å². The zero-order valence-electron chi connectivity index (χ0n) is 10.0. The van der Waals surface area contributed by atoms with Gasteiger partial charge in [0.05, 0.1) is 13.0 Å². The molecule has 1 heterocycles. The van der Waals surface area contributed by atoms with Crippen LogP contribution in [0.25, 0.3) is 0 Å². The zero-order chi connectivity index (χ0) is 12.7. The van der Waals surface area contributed by atoms with Gasteiger partial charge in [-0.05, 0) is 19.8 Å². The second-order valence-corrected chi connectivity index (χ2v) is 3.98. The quantitative estimate of drug-likeness (QED) is 0.649. The molecule has 0 aromatic heterocycles. The van der Waals surface area contributed by atoms with Crippen LogP contribution in [-0.2, 0) is 19.1 Å². The maximum atomic E-state index is 11.2. The van der Waals surface area contributed by atoms with Crippen LogP contribution in [-0.4, -0.2) is 48.9 Å². The van der Waals surface area contributed by atoms with E-state index < -0.39 is 11.5 Å². The molecule has 1 saturated heterocycles. The van der Waals surface area contributed by atoms with E-state index in [1.165, 1.54) is 0 Å². The first-order chi connectivity index (χ1) is 8.10. The summed E-state index contributed by atoms with van der Waals surface area (Å²) in [5.41, 5.74) is -0.954. The lowest BCUT2D eigenvalue weighted by Crippen LogP contribution is -2.55. The van der Waals surface area contributed by atoms with Gasteiger partial charge in [-0.3, -0.25) is 9.59 Å². The fourth-order valence-electron chi connectivity index (χ4n) is 1.82. The van der Waals surface area contributed by atoms with Crippen LogP contribution in [0.2, 0.25) is 0 Å². The van der Waals surface area contributed by atoms with Crippen LogP contribution in [0.4, 0.5) is 0 Å². The molecule has 1 rings (SSSR count). The summed E-state index contributed by atoms with van der Waals surface area (Å²) in [7, 11) is 0. The highest BCUT2D eigenvalue weighted by molar-refractivity contribution is 5.79. The third kappa shape index (κ3) is 3.98. The number of carbonyl (C=O) groups excluding carboxylic acids is 1. The first kappa shape index (κ1) is 13.9. The molecule has 0 radical (unpaired) electrons. The lowest BCUT2D eigenvalue weighted by molar-refractivity contribution is -0.150. The third-order valence-corrected chi connectivity index (χ3v) is 2.85. The highest BCUT2D eigenvalue weighted by atomic mass is 16.5. The molecule has 98 valence electrons. The molecular formula is C11H19NO5. The number of hydrogen-bond donors (Lipinski definition) is 2. The zero-order valence-corrected chi connectivity index (χ0v) is 10.0. The van der Waals surface area contributed by atoms with Crippen LogP contribution in [0.3, 0.4) is 0 Å². The second-order valence-electron chi connectivity index (χ2n) is 3.98. The van der Waals surface area contributed by atoms with Gasteiger partial charge < -0.3 is 19.9 Å². The summed E-state index contributed by atoms with van der Waals surface area (Å²) in [4.78, 5) is 22.4. The Morgan fingerprint density at radius 2 is 2.06 bits per heavy atom. The van der Waals surface area contributed by atoms with Crippen LogP contribution in [0.1, 0.15) is 26.2 Å². The van der Waals surface area contributed by atoms with Gasteiger partial charge in [0.1, 0.15) is 5.54 Å². The molecule has 0 aromatic rings. The monoisotopic (exact) mass is 245 g/mol. The Balaban J connectivity index is 2.40. The fraction of sp³-hybridized carbons (Fsp3) is 0.818. The van der Waals surface area contributed by atoms with E-state index in [1.54, 1.807) is 6.92 Å². The van der Waals surface area contributed by atoms with Crippen LogP contribution < -0.4 is 5.32 Å². The van der Waals surface area contributed by atoms with Crippen molar-refractivity contribution in [3.63, 3.8) is 0 Å². The molecular weight excluding hydrogens is 226 g/mol. The number of rotatable bonds is 6. The maximum Gasteiger partial charge on any atom is 0.324 e. The summed E-state index contributed by atoms with van der Waals surface area (Å²) in [5, 5.41) is 12.2. The number of carboxylic acids is 1. The highest BCUT2D eigenvalue weighted by Gasteiger charge is 2.39. The van der Waals surface area contributed by atoms with Gasteiger partial charge in [-0.25, -0.2) is 0 Å². The lowest BCUT2D eigenvalue weighted by Gasteiger charge is -2.34. The van der Waals surface area contributed by atoms with E-state index in [2.05, 4.69) is 5.32 Å². The van der Waals surface area contributed by atoms with Gasteiger partial charge >= 0.3 is 11.9 Å². The van der Waals surface area contributed by atoms with E-state index in [1.807, 2.05) is 0 Å². The summed E-state index contributed by atoms with van der Waals surface area (Å²) < 4.78 is 9.92. The Labute approximate surface area is 100 Å². The molecule has 0 spiro atoms. The largest absolute Gasteiger partial charge is 0.480 e. The van der Waals surface area contributed by atoms with Gasteiger partial charge in [-0.2, -0.15) is 0 Å². The molecule has 0 aromatic carbocycles. The second kappa shape index (κ2) is 6.56. The molecule has 0 saturated carbocycles. The molecule has 1 aliphatic heterocycles. The first-order valence-electron chi connectivity index (χ1n) is 5.82. The Hall–Kier alpha value is -1.14. The number of ether oxygens (including phenoxy) is 2. The van der Waals surface area contributed by atoms with Crippen LogP contribution in [0, 0.1) is 0 Å². The molecule has 0 aliphatic carbocycles. The average molecular weight is 245 g/mol. The average Bonchev–Trinajstić information content (AvgIpc) is 2.30. The SMILES string of the molecule is CCOC(=O)CCNC1(C(=O)O)CCOCC1. The first-order valence-corrected chi connectivity index (χ1v) is 5.82. The van der Waals surface area contributed by atoms with E-state index >= 15 is 0 Å². The topological polar surface area (TPSA) is 84.9 Å². The minimum atomic E-state index is -0.954. The number of carboxylic acid groups (broad SMARTS) is 1. The summed E-state index contributed by atoms with van der Waals surface area (Å²) in [6.45, 7) is 3.25. The molecule has 0 bridgehead atoms. The van der Waals surface area contributed by atoms with Gasteiger partial charge in [0.25, 0.3) is 0 Å². The predicted octanol–water partition coefficient (Wildman–Crippen LogP) is 0.163. The van der Waals surface area contributed by atoms with Gasteiger partial charge in [-0.15, -0.1) is 0 Å². The van der Waals surface area contributed by atoms with Gasteiger partial charge in [-0.1, -0.05) is 0 Å². The summed E-state index contributed by atoms with van der Waals surface area (Å²) in [6.07, 6.45) is 1.03. The summed E-state index contributed by atoms with van der Waals surface area (Å²) >= 11 is 0. The molecule has 1 fully saturated rings. The van der Waals surface area contributed by atoms with Crippen molar-refractivity contribution >= 4 is 11.9 Å². The number of aliphatic carboxylic acids is 1. The van der Waals surface area contributed by atoms with E-state index in [0.29, 0.717) is 39.2 Å². The number of carbonyl (C=O) groups is 2. The summed E-state index contributed by atoms with van der Waals surface area (Å²) in [6, 6.07) is 0. The highest BCUT2D eigenvalue weighted by Crippen LogP contribution is 2.20.